The van der Waals surface area contributed by atoms with Crippen LogP contribution in [0, 0.1) is 12.7 Å². The van der Waals surface area contributed by atoms with Gasteiger partial charge in [-0.15, -0.1) is 0 Å². The molecule has 0 radical (unpaired) electrons. The lowest BCUT2D eigenvalue weighted by Crippen LogP contribution is -2.30. The molecule has 3 aromatic rings. The summed E-state index contributed by atoms with van der Waals surface area (Å²) in [6, 6.07) is 14.4. The number of ether oxygens (including phenoxy) is 2. The zero-order valence-corrected chi connectivity index (χ0v) is 19.4. The van der Waals surface area contributed by atoms with Gasteiger partial charge in [0.1, 0.15) is 23.1 Å². The largest absolute Gasteiger partial charge is 0.507 e. The average Bonchev–Trinajstić information content (AvgIpc) is 3.09. The Morgan fingerprint density at radius 3 is 2.29 bits per heavy atom. The van der Waals surface area contributed by atoms with Gasteiger partial charge < -0.3 is 14.6 Å². The van der Waals surface area contributed by atoms with Gasteiger partial charge in [-0.3, -0.25) is 14.5 Å². The molecule has 0 spiro atoms. The number of Topliss-reactive ketones (excluding diaryl/α,β-unsaturated/α-hetero) is 1. The number of hydrogen-bond donors (Lipinski definition) is 1. The van der Waals surface area contributed by atoms with Gasteiger partial charge >= 0.3 is 0 Å². The molecule has 3 aromatic carbocycles. The van der Waals surface area contributed by atoms with Gasteiger partial charge in [-0.1, -0.05) is 48.0 Å². The Hall–Kier alpha value is -3.84. The number of hydrogen-bond acceptors (Lipinski definition) is 5. The fraction of sp³-hybridized carbons (Fsp3) is 0.154. The quantitative estimate of drug-likeness (QED) is 0.299. The van der Waals surface area contributed by atoms with E-state index in [0.29, 0.717) is 17.0 Å². The molecule has 174 valence electrons. The highest BCUT2D eigenvalue weighted by atomic mass is 35.5. The van der Waals surface area contributed by atoms with Crippen molar-refractivity contribution in [1.29, 1.82) is 0 Å². The van der Waals surface area contributed by atoms with Crippen LogP contribution in [0.25, 0.3) is 5.76 Å². The van der Waals surface area contributed by atoms with Gasteiger partial charge in [0.2, 0.25) is 0 Å². The second kappa shape index (κ2) is 9.19. The topological polar surface area (TPSA) is 76.1 Å². The molecule has 1 aliphatic rings. The highest BCUT2D eigenvalue weighted by Gasteiger charge is 2.48. The van der Waals surface area contributed by atoms with Gasteiger partial charge in [0, 0.05) is 17.3 Å². The molecule has 6 nitrogen and oxygen atoms in total. The predicted octanol–water partition coefficient (Wildman–Crippen LogP) is 5.43. The number of anilines is 1. The first-order valence-electron chi connectivity index (χ1n) is 10.3. The molecule has 4 rings (SSSR count). The first-order valence-corrected chi connectivity index (χ1v) is 10.7. The third-order valence-electron chi connectivity index (χ3n) is 5.75. The van der Waals surface area contributed by atoms with E-state index in [4.69, 9.17) is 21.1 Å². The Labute approximate surface area is 200 Å². The molecule has 1 amide bonds. The summed E-state index contributed by atoms with van der Waals surface area (Å²) in [6.45, 7) is 1.78. The molecule has 0 aromatic heterocycles. The van der Waals surface area contributed by atoms with E-state index < -0.39 is 29.3 Å². The zero-order chi connectivity index (χ0) is 24.6. The summed E-state index contributed by atoms with van der Waals surface area (Å²) < 4.78 is 25.6. The molecule has 1 fully saturated rings. The smallest absolute Gasteiger partial charge is 0.300 e. The Morgan fingerprint density at radius 1 is 1.00 bits per heavy atom. The summed E-state index contributed by atoms with van der Waals surface area (Å²) in [5.74, 6) is -2.55. The number of carbonyl (C=O) groups excluding carboxylic acids is 2. The van der Waals surface area contributed by atoms with Gasteiger partial charge in [0.15, 0.2) is 0 Å². The highest BCUT2D eigenvalue weighted by molar-refractivity contribution is 6.52. The van der Waals surface area contributed by atoms with E-state index in [9.17, 15) is 14.7 Å². The van der Waals surface area contributed by atoms with Crippen LogP contribution in [0.15, 0.2) is 66.2 Å². The van der Waals surface area contributed by atoms with Crippen molar-refractivity contribution in [3.05, 3.63) is 93.8 Å². The fourth-order valence-corrected chi connectivity index (χ4v) is 4.34. The van der Waals surface area contributed by atoms with Crippen molar-refractivity contribution in [1.82, 2.24) is 0 Å². The first-order chi connectivity index (χ1) is 16.3. The van der Waals surface area contributed by atoms with Crippen LogP contribution < -0.4 is 14.4 Å². The molecule has 0 saturated carbocycles. The molecular formula is C26H21ClFNO5. The molecule has 1 saturated heterocycles. The third-order valence-corrected chi connectivity index (χ3v) is 6.04. The number of aliphatic hydroxyl groups excluding tert-OH is 1. The van der Waals surface area contributed by atoms with E-state index in [0.717, 1.165) is 0 Å². The molecular weight excluding hydrogens is 461 g/mol. The Bertz CT molecular complexity index is 1340. The number of benzene rings is 3. The standard InChI is InChI=1S/C26H21ClFNO5/c1-14-8-4-7-11-19(14)29-23(15-9-5-6-10-18(15)28)22(25(31)26(29)32)24(30)16-12-17(27)21(34-3)13-20(16)33-2/h4-13,23,30H,1-3H3/b24-22+. The first kappa shape index (κ1) is 23.3. The predicted molar refractivity (Wildman–Crippen MR) is 127 cm³/mol. The molecule has 0 bridgehead atoms. The van der Waals surface area contributed by atoms with Crippen molar-refractivity contribution in [2.24, 2.45) is 0 Å². The van der Waals surface area contributed by atoms with E-state index in [1.54, 1.807) is 37.3 Å². The van der Waals surface area contributed by atoms with E-state index in [1.165, 1.54) is 49.5 Å². The van der Waals surface area contributed by atoms with Crippen LogP contribution in [0.2, 0.25) is 5.02 Å². The van der Waals surface area contributed by atoms with Crippen LogP contribution in [-0.4, -0.2) is 31.0 Å². The second-order valence-corrected chi connectivity index (χ2v) is 8.07. The van der Waals surface area contributed by atoms with Gasteiger partial charge in [-0.05, 0) is 30.7 Å². The van der Waals surface area contributed by atoms with Crippen molar-refractivity contribution in [3.8, 4) is 11.5 Å². The van der Waals surface area contributed by atoms with Crippen LogP contribution in [-0.2, 0) is 9.59 Å². The number of halogens is 2. The summed E-state index contributed by atoms with van der Waals surface area (Å²) in [7, 11) is 2.80. The minimum Gasteiger partial charge on any atom is -0.507 e. The summed E-state index contributed by atoms with van der Waals surface area (Å²) >= 11 is 6.26. The molecule has 0 aliphatic carbocycles. The molecule has 1 N–H and O–H groups in total. The Morgan fingerprint density at radius 2 is 1.65 bits per heavy atom. The molecule has 34 heavy (non-hydrogen) atoms. The van der Waals surface area contributed by atoms with Gasteiger partial charge in [-0.2, -0.15) is 0 Å². The fourth-order valence-electron chi connectivity index (χ4n) is 4.10. The highest BCUT2D eigenvalue weighted by Crippen LogP contribution is 2.45. The van der Waals surface area contributed by atoms with Crippen molar-refractivity contribution in [3.63, 3.8) is 0 Å². The number of amides is 1. The Kier molecular flexibility index (Phi) is 6.30. The number of ketones is 1. The van der Waals surface area contributed by atoms with E-state index >= 15 is 4.39 Å². The van der Waals surface area contributed by atoms with Crippen molar-refractivity contribution < 1.29 is 28.6 Å². The Balaban J connectivity index is 2.03. The van der Waals surface area contributed by atoms with Crippen molar-refractivity contribution >= 4 is 34.7 Å². The normalized spacial score (nSPS) is 17.2. The maximum absolute atomic E-state index is 15.0. The third kappa shape index (κ3) is 3.78. The number of rotatable bonds is 5. The molecule has 8 heteroatoms. The average molecular weight is 482 g/mol. The molecule has 1 heterocycles. The minimum atomic E-state index is -1.21. The maximum atomic E-state index is 15.0. The zero-order valence-electron chi connectivity index (χ0n) is 18.6. The minimum absolute atomic E-state index is 0.0603. The van der Waals surface area contributed by atoms with Crippen LogP contribution in [0.4, 0.5) is 10.1 Å². The van der Waals surface area contributed by atoms with Gasteiger partial charge in [0.25, 0.3) is 11.7 Å². The van der Waals surface area contributed by atoms with E-state index in [2.05, 4.69) is 0 Å². The van der Waals surface area contributed by atoms with E-state index in [1.807, 2.05) is 0 Å². The summed E-state index contributed by atoms with van der Waals surface area (Å²) in [5, 5.41) is 11.5. The number of aryl methyl sites for hydroxylation is 1. The number of nitrogens with zero attached hydrogens (tertiary/aromatic N) is 1. The van der Waals surface area contributed by atoms with Crippen LogP contribution in [0.3, 0.4) is 0 Å². The van der Waals surface area contributed by atoms with Crippen LogP contribution in [0.5, 0.6) is 11.5 Å². The van der Waals surface area contributed by atoms with Crippen LogP contribution in [0.1, 0.15) is 22.7 Å². The van der Waals surface area contributed by atoms with Gasteiger partial charge in [0.05, 0.1) is 36.4 Å². The lowest BCUT2D eigenvalue weighted by Gasteiger charge is -2.27. The van der Waals surface area contributed by atoms with Crippen molar-refractivity contribution in [2.75, 3.05) is 19.1 Å². The lowest BCUT2D eigenvalue weighted by molar-refractivity contribution is -0.132. The monoisotopic (exact) mass is 481 g/mol. The summed E-state index contributed by atoms with van der Waals surface area (Å²) in [5.41, 5.74) is 0.979. The molecule has 1 atom stereocenters. The SMILES string of the molecule is COc1cc(OC)c(/C(O)=C2\C(=O)C(=O)N(c3ccccc3C)C2c2ccccc2F)cc1Cl. The number of para-hydroxylation sites is 1. The number of methoxy groups -OCH3 is 2. The second-order valence-electron chi connectivity index (χ2n) is 7.66. The molecule has 1 unspecified atom stereocenters. The molecule has 1 aliphatic heterocycles. The van der Waals surface area contributed by atoms with Crippen molar-refractivity contribution in [2.45, 2.75) is 13.0 Å². The van der Waals surface area contributed by atoms with Crippen LogP contribution >= 0.6 is 11.6 Å². The summed E-state index contributed by atoms with van der Waals surface area (Å²) in [4.78, 5) is 27.7. The number of aliphatic hydroxyl groups is 1. The maximum Gasteiger partial charge on any atom is 0.300 e. The number of carbonyl (C=O) groups is 2. The van der Waals surface area contributed by atoms with E-state index in [-0.39, 0.29) is 27.5 Å². The summed E-state index contributed by atoms with van der Waals surface area (Å²) in [6.07, 6.45) is 0. The van der Waals surface area contributed by atoms with Gasteiger partial charge in [-0.25, -0.2) is 4.39 Å². The lowest BCUT2D eigenvalue weighted by atomic mass is 9.94.